The van der Waals surface area contributed by atoms with Gasteiger partial charge < -0.3 is 9.47 Å². The molecular weight excluding hydrogens is 278 g/mol. The molecule has 2 atom stereocenters. The molecule has 2 aromatic rings. The lowest BCUT2D eigenvalue weighted by Gasteiger charge is -2.38. The molecule has 5 heteroatoms. The van der Waals surface area contributed by atoms with Gasteiger partial charge in [0, 0.05) is 19.2 Å². The number of hydrogen-bond acceptors (Lipinski definition) is 5. The molecule has 1 aromatic heterocycles. The third kappa shape index (κ3) is 3.43. The quantitative estimate of drug-likeness (QED) is 0.868. The van der Waals surface area contributed by atoms with Gasteiger partial charge in [0.25, 0.3) is 0 Å². The summed E-state index contributed by atoms with van der Waals surface area (Å²) >= 11 is 0. The van der Waals surface area contributed by atoms with Gasteiger partial charge in [0.05, 0.1) is 31.6 Å². The molecule has 1 fully saturated rings. The highest BCUT2D eigenvalue weighted by atomic mass is 16.5. The molecule has 1 saturated heterocycles. The van der Waals surface area contributed by atoms with E-state index in [4.69, 9.17) is 9.47 Å². The second-order valence-electron chi connectivity index (χ2n) is 5.57. The average Bonchev–Trinajstić information content (AvgIpc) is 2.56. The van der Waals surface area contributed by atoms with Crippen LogP contribution in [-0.2, 0) is 11.3 Å². The molecule has 0 saturated carbocycles. The summed E-state index contributed by atoms with van der Waals surface area (Å²) in [5.74, 6) is 0.540. The number of benzene rings is 1. The van der Waals surface area contributed by atoms with Crippen molar-refractivity contribution in [1.82, 2.24) is 15.1 Å². The molecule has 0 aliphatic carbocycles. The van der Waals surface area contributed by atoms with Gasteiger partial charge in [0.1, 0.15) is 0 Å². The van der Waals surface area contributed by atoms with E-state index in [0.29, 0.717) is 12.5 Å². The Morgan fingerprint density at radius 3 is 2.68 bits per heavy atom. The van der Waals surface area contributed by atoms with Gasteiger partial charge in [-0.05, 0) is 18.6 Å². The molecule has 0 bridgehead atoms. The predicted octanol–water partition coefficient (Wildman–Crippen LogP) is 2.45. The Bertz CT molecular complexity index is 589. The zero-order valence-electron chi connectivity index (χ0n) is 13.0. The summed E-state index contributed by atoms with van der Waals surface area (Å²) in [6.07, 6.45) is 0.228. The number of ether oxygens (including phenoxy) is 2. The maximum absolute atomic E-state index is 5.85. The van der Waals surface area contributed by atoms with Gasteiger partial charge in [-0.15, -0.1) is 5.10 Å². The molecule has 1 aromatic carbocycles. The summed E-state index contributed by atoms with van der Waals surface area (Å²) in [4.78, 5) is 2.40. The first-order valence-corrected chi connectivity index (χ1v) is 7.53. The van der Waals surface area contributed by atoms with E-state index >= 15 is 0 Å². The Labute approximate surface area is 130 Å². The molecule has 1 aliphatic rings. The number of morpholine rings is 1. The zero-order chi connectivity index (χ0) is 15.4. The van der Waals surface area contributed by atoms with Gasteiger partial charge in [-0.25, -0.2) is 0 Å². The molecule has 0 N–H and O–H groups in total. The molecule has 5 nitrogen and oxygen atoms in total. The van der Waals surface area contributed by atoms with Crippen molar-refractivity contribution in [1.29, 1.82) is 0 Å². The summed E-state index contributed by atoms with van der Waals surface area (Å²) in [6.45, 7) is 4.44. The summed E-state index contributed by atoms with van der Waals surface area (Å²) in [5.41, 5.74) is 2.21. The van der Waals surface area contributed by atoms with Crippen LogP contribution in [0.1, 0.15) is 24.2 Å². The Morgan fingerprint density at radius 1 is 1.18 bits per heavy atom. The molecule has 3 rings (SSSR count). The second kappa shape index (κ2) is 6.85. The third-order valence-electron chi connectivity index (χ3n) is 3.92. The highest BCUT2D eigenvalue weighted by Gasteiger charge is 2.28. The largest absolute Gasteiger partial charge is 0.480 e. The third-order valence-corrected chi connectivity index (χ3v) is 3.92. The maximum atomic E-state index is 5.85. The van der Waals surface area contributed by atoms with Crippen molar-refractivity contribution >= 4 is 0 Å². The van der Waals surface area contributed by atoms with Crippen LogP contribution in [-0.4, -0.2) is 41.5 Å². The Kier molecular flexibility index (Phi) is 4.65. The molecule has 0 radical (unpaired) electrons. The van der Waals surface area contributed by atoms with E-state index in [2.05, 4.69) is 46.3 Å². The summed E-state index contributed by atoms with van der Waals surface area (Å²) in [5, 5.41) is 8.29. The van der Waals surface area contributed by atoms with Crippen LogP contribution in [0.2, 0.25) is 0 Å². The average molecular weight is 299 g/mol. The molecule has 0 spiro atoms. The van der Waals surface area contributed by atoms with Crippen LogP contribution < -0.4 is 4.74 Å². The highest BCUT2D eigenvalue weighted by molar-refractivity contribution is 5.20. The maximum Gasteiger partial charge on any atom is 0.233 e. The van der Waals surface area contributed by atoms with Crippen LogP contribution in [0.3, 0.4) is 0 Å². The number of aromatic nitrogens is 2. The summed E-state index contributed by atoms with van der Waals surface area (Å²) in [7, 11) is 1.60. The van der Waals surface area contributed by atoms with Crippen molar-refractivity contribution < 1.29 is 9.47 Å². The minimum atomic E-state index is 0.228. The van der Waals surface area contributed by atoms with E-state index in [1.54, 1.807) is 7.11 Å². The smallest absolute Gasteiger partial charge is 0.233 e. The van der Waals surface area contributed by atoms with E-state index in [0.717, 1.165) is 18.8 Å². The van der Waals surface area contributed by atoms with Crippen LogP contribution in [0.4, 0.5) is 0 Å². The highest BCUT2D eigenvalue weighted by Crippen LogP contribution is 2.27. The Balaban J connectivity index is 1.77. The lowest BCUT2D eigenvalue weighted by molar-refractivity contribution is -0.0602. The normalized spacial score (nSPS) is 22.5. The molecule has 2 heterocycles. The van der Waals surface area contributed by atoms with Crippen molar-refractivity contribution in [3.8, 4) is 5.88 Å². The SMILES string of the molecule is COc1ccc(CN2C[C@H](C)OC[C@@H]2c2ccccc2)nn1. The van der Waals surface area contributed by atoms with Crippen molar-refractivity contribution in [3.63, 3.8) is 0 Å². The minimum absolute atomic E-state index is 0.228. The first-order chi connectivity index (χ1) is 10.8. The summed E-state index contributed by atoms with van der Waals surface area (Å²) < 4.78 is 10.9. The molecule has 0 amide bonds. The minimum Gasteiger partial charge on any atom is -0.480 e. The topological polar surface area (TPSA) is 47.5 Å². The predicted molar refractivity (Wildman–Crippen MR) is 83.6 cm³/mol. The van der Waals surface area contributed by atoms with Crippen LogP contribution >= 0.6 is 0 Å². The van der Waals surface area contributed by atoms with E-state index in [1.807, 2.05) is 18.2 Å². The fraction of sp³-hybridized carbons (Fsp3) is 0.412. The van der Waals surface area contributed by atoms with E-state index < -0.39 is 0 Å². The van der Waals surface area contributed by atoms with Gasteiger partial charge in [0.2, 0.25) is 5.88 Å². The Hall–Kier alpha value is -1.98. The van der Waals surface area contributed by atoms with Crippen LogP contribution in [0.15, 0.2) is 42.5 Å². The standard InChI is InChI=1S/C17H21N3O2/c1-13-10-20(11-15-8-9-17(21-2)19-18-15)16(12-22-13)14-6-4-3-5-7-14/h3-9,13,16H,10-12H2,1-2H3/t13-,16+/m0/s1. The van der Waals surface area contributed by atoms with Gasteiger partial charge in [-0.1, -0.05) is 30.3 Å². The van der Waals surface area contributed by atoms with Gasteiger partial charge in [0.15, 0.2) is 0 Å². The van der Waals surface area contributed by atoms with Crippen molar-refractivity contribution in [2.24, 2.45) is 0 Å². The fourth-order valence-corrected chi connectivity index (χ4v) is 2.78. The molecular formula is C17H21N3O2. The first kappa shape index (κ1) is 14.9. The molecule has 0 unspecified atom stereocenters. The zero-order valence-corrected chi connectivity index (χ0v) is 13.0. The first-order valence-electron chi connectivity index (χ1n) is 7.53. The molecule has 1 aliphatic heterocycles. The van der Waals surface area contributed by atoms with Gasteiger partial charge >= 0.3 is 0 Å². The van der Waals surface area contributed by atoms with Crippen LogP contribution in [0.5, 0.6) is 5.88 Å². The fourth-order valence-electron chi connectivity index (χ4n) is 2.78. The number of nitrogens with zero attached hydrogens (tertiary/aromatic N) is 3. The monoisotopic (exact) mass is 299 g/mol. The van der Waals surface area contributed by atoms with E-state index in [-0.39, 0.29) is 12.1 Å². The number of rotatable bonds is 4. The van der Waals surface area contributed by atoms with Crippen molar-refractivity contribution in [2.75, 3.05) is 20.3 Å². The van der Waals surface area contributed by atoms with Crippen LogP contribution in [0, 0.1) is 0 Å². The lowest BCUT2D eigenvalue weighted by Crippen LogP contribution is -2.43. The van der Waals surface area contributed by atoms with Crippen LogP contribution in [0.25, 0.3) is 0 Å². The second-order valence-corrected chi connectivity index (χ2v) is 5.57. The summed E-state index contributed by atoms with van der Waals surface area (Å²) in [6, 6.07) is 14.5. The Morgan fingerprint density at radius 2 is 2.00 bits per heavy atom. The van der Waals surface area contributed by atoms with Crippen molar-refractivity contribution in [2.45, 2.75) is 25.6 Å². The molecule has 22 heavy (non-hydrogen) atoms. The van der Waals surface area contributed by atoms with Gasteiger partial charge in [-0.2, -0.15) is 5.10 Å². The molecule has 116 valence electrons. The van der Waals surface area contributed by atoms with Gasteiger partial charge in [-0.3, -0.25) is 4.90 Å². The number of hydrogen-bond donors (Lipinski definition) is 0. The lowest BCUT2D eigenvalue weighted by atomic mass is 10.0. The van der Waals surface area contributed by atoms with Crippen molar-refractivity contribution in [3.05, 3.63) is 53.7 Å². The van der Waals surface area contributed by atoms with E-state index in [1.165, 1.54) is 5.56 Å². The number of methoxy groups -OCH3 is 1. The van der Waals surface area contributed by atoms with E-state index in [9.17, 15) is 0 Å².